The van der Waals surface area contributed by atoms with E-state index in [1.54, 1.807) is 6.92 Å². The van der Waals surface area contributed by atoms with Gasteiger partial charge in [0, 0.05) is 12.3 Å². The average molecular weight is 213 g/mol. The molecule has 1 heterocycles. The number of carbonyl (C=O) groups excluding carboxylic acids is 1. The minimum atomic E-state index is -0.630. The first kappa shape index (κ1) is 11.2. The molecule has 1 amide bonds. The highest BCUT2D eigenvalue weighted by Crippen LogP contribution is 1.77. The van der Waals surface area contributed by atoms with Crippen LogP contribution in [0.3, 0.4) is 0 Å². The van der Waals surface area contributed by atoms with Crippen LogP contribution in [-0.4, -0.2) is 22.1 Å². The quantitative estimate of drug-likeness (QED) is 0.602. The second-order valence-electron chi connectivity index (χ2n) is 2.70. The summed E-state index contributed by atoms with van der Waals surface area (Å²) in [6, 6.07) is 1.16. The molecule has 15 heavy (non-hydrogen) atoms. The van der Waals surface area contributed by atoms with Gasteiger partial charge in [-0.1, -0.05) is 0 Å². The van der Waals surface area contributed by atoms with Crippen LogP contribution in [0.25, 0.3) is 0 Å². The number of hydroxylamine groups is 1. The van der Waals surface area contributed by atoms with Gasteiger partial charge in [-0.3, -0.25) is 24.0 Å². The molecule has 1 rings (SSSR count). The van der Waals surface area contributed by atoms with Crippen LogP contribution in [0.1, 0.15) is 6.92 Å². The van der Waals surface area contributed by atoms with Crippen molar-refractivity contribution in [2.45, 2.75) is 13.5 Å². The average Bonchev–Trinajstić information content (AvgIpc) is 2.19. The molecule has 2 N–H and O–H groups in total. The van der Waals surface area contributed by atoms with Gasteiger partial charge in [0.15, 0.2) is 0 Å². The Balaban J connectivity index is 2.69. The zero-order chi connectivity index (χ0) is 11.3. The molecule has 7 heteroatoms. The van der Waals surface area contributed by atoms with Crippen molar-refractivity contribution >= 4 is 5.91 Å². The van der Waals surface area contributed by atoms with Gasteiger partial charge in [-0.25, -0.2) is 10.3 Å². The van der Waals surface area contributed by atoms with Crippen LogP contribution in [-0.2, 0) is 16.2 Å². The zero-order valence-corrected chi connectivity index (χ0v) is 8.15. The van der Waals surface area contributed by atoms with Crippen molar-refractivity contribution in [2.24, 2.45) is 0 Å². The largest absolute Gasteiger partial charge is 0.328 e. The lowest BCUT2D eigenvalue weighted by Crippen LogP contribution is -2.35. The van der Waals surface area contributed by atoms with Crippen molar-refractivity contribution in [3.05, 3.63) is 33.1 Å². The molecule has 0 spiro atoms. The molecule has 1 aromatic rings. The van der Waals surface area contributed by atoms with Gasteiger partial charge in [-0.2, -0.15) is 0 Å². The lowest BCUT2D eigenvalue weighted by atomic mass is 10.5. The molecule has 0 aliphatic heterocycles. The third kappa shape index (κ3) is 3.39. The van der Waals surface area contributed by atoms with Crippen LogP contribution in [0.15, 0.2) is 21.9 Å². The Hall–Kier alpha value is -1.89. The number of hydrogen-bond donors (Lipinski definition) is 2. The molecule has 82 valence electrons. The van der Waals surface area contributed by atoms with Crippen LogP contribution >= 0.6 is 0 Å². The normalized spacial score (nSPS) is 9.93. The van der Waals surface area contributed by atoms with Crippen LogP contribution in [0.5, 0.6) is 0 Å². The van der Waals surface area contributed by atoms with E-state index in [4.69, 9.17) is 0 Å². The van der Waals surface area contributed by atoms with E-state index in [2.05, 4.69) is 10.3 Å². The smallest absolute Gasteiger partial charge is 0.291 e. The van der Waals surface area contributed by atoms with E-state index in [9.17, 15) is 14.4 Å². The van der Waals surface area contributed by atoms with Gasteiger partial charge in [-0.05, 0) is 6.92 Å². The second-order valence-corrected chi connectivity index (χ2v) is 2.70. The summed E-state index contributed by atoms with van der Waals surface area (Å²) in [6.07, 6.45) is 1.24. The number of nitrogens with zero attached hydrogens (tertiary/aromatic N) is 1. The summed E-state index contributed by atoms with van der Waals surface area (Å²) < 4.78 is 1.07. The monoisotopic (exact) mass is 213 g/mol. The standard InChI is InChI=1S/C8H11N3O4/c1-2-15-10-7(13)5-11-4-3-6(12)9-8(11)14/h3-4H,2,5H2,1H3,(H,10,13)(H,9,12,14). The maximum atomic E-state index is 11.1. The minimum absolute atomic E-state index is 0.199. The van der Waals surface area contributed by atoms with Gasteiger partial charge >= 0.3 is 5.69 Å². The SMILES string of the molecule is CCONC(=O)Cn1ccc(=O)[nH]c1=O. The van der Waals surface area contributed by atoms with E-state index in [0.717, 1.165) is 10.6 Å². The molecule has 0 bridgehead atoms. The van der Waals surface area contributed by atoms with Gasteiger partial charge in [0.2, 0.25) is 0 Å². The van der Waals surface area contributed by atoms with Gasteiger partial charge < -0.3 is 0 Å². The maximum absolute atomic E-state index is 11.1. The summed E-state index contributed by atoms with van der Waals surface area (Å²) in [5.41, 5.74) is 1.00. The molecular weight excluding hydrogens is 202 g/mol. The Morgan fingerprint density at radius 3 is 2.93 bits per heavy atom. The second kappa shape index (κ2) is 5.11. The summed E-state index contributed by atoms with van der Waals surface area (Å²) in [7, 11) is 0. The molecule has 0 saturated heterocycles. The molecule has 0 radical (unpaired) electrons. The van der Waals surface area contributed by atoms with Gasteiger partial charge in [-0.15, -0.1) is 0 Å². The van der Waals surface area contributed by atoms with E-state index < -0.39 is 17.2 Å². The van der Waals surface area contributed by atoms with Crippen molar-refractivity contribution < 1.29 is 9.63 Å². The predicted molar refractivity (Wildman–Crippen MR) is 51.1 cm³/mol. The lowest BCUT2D eigenvalue weighted by molar-refractivity contribution is -0.133. The molecule has 0 unspecified atom stereocenters. The Morgan fingerprint density at radius 1 is 1.60 bits per heavy atom. The van der Waals surface area contributed by atoms with Gasteiger partial charge in [0.25, 0.3) is 11.5 Å². The summed E-state index contributed by atoms with van der Waals surface area (Å²) in [5, 5.41) is 0. The Bertz CT molecular complexity index is 448. The third-order valence-corrected chi connectivity index (χ3v) is 1.54. The summed E-state index contributed by atoms with van der Waals surface area (Å²) in [6.45, 7) is 1.86. The predicted octanol–water partition coefficient (Wildman–Crippen LogP) is -1.40. The van der Waals surface area contributed by atoms with Crippen LogP contribution in [0.4, 0.5) is 0 Å². The number of carbonyl (C=O) groups is 1. The highest BCUT2D eigenvalue weighted by Gasteiger charge is 2.03. The molecule has 0 fully saturated rings. The molecule has 0 saturated carbocycles. The number of aromatic nitrogens is 2. The summed E-state index contributed by atoms with van der Waals surface area (Å²) in [5.74, 6) is -0.467. The van der Waals surface area contributed by atoms with Crippen molar-refractivity contribution in [2.75, 3.05) is 6.61 Å². The van der Waals surface area contributed by atoms with Crippen LogP contribution in [0.2, 0.25) is 0 Å². The minimum Gasteiger partial charge on any atom is -0.291 e. The fraction of sp³-hybridized carbons (Fsp3) is 0.375. The molecular formula is C8H11N3O4. The summed E-state index contributed by atoms with van der Waals surface area (Å²) in [4.78, 5) is 39.6. The zero-order valence-electron chi connectivity index (χ0n) is 8.15. The van der Waals surface area contributed by atoms with Crippen LogP contribution < -0.4 is 16.7 Å². The first-order valence-electron chi connectivity index (χ1n) is 4.34. The molecule has 7 nitrogen and oxygen atoms in total. The highest BCUT2D eigenvalue weighted by atomic mass is 16.6. The molecule has 0 aromatic carbocycles. The van der Waals surface area contributed by atoms with Crippen molar-refractivity contribution in [3.8, 4) is 0 Å². The highest BCUT2D eigenvalue weighted by molar-refractivity contribution is 5.74. The number of hydrogen-bond acceptors (Lipinski definition) is 4. The fourth-order valence-electron chi connectivity index (χ4n) is 0.908. The molecule has 1 aromatic heterocycles. The molecule has 0 aliphatic carbocycles. The Kier molecular flexibility index (Phi) is 3.81. The van der Waals surface area contributed by atoms with E-state index in [0.29, 0.717) is 6.61 Å². The van der Waals surface area contributed by atoms with Crippen molar-refractivity contribution in [3.63, 3.8) is 0 Å². The first-order chi connectivity index (χ1) is 7.13. The maximum Gasteiger partial charge on any atom is 0.328 e. The third-order valence-electron chi connectivity index (χ3n) is 1.54. The summed E-state index contributed by atoms with van der Waals surface area (Å²) >= 11 is 0. The molecule has 0 atom stereocenters. The van der Waals surface area contributed by atoms with E-state index in [1.165, 1.54) is 6.20 Å². The first-order valence-corrected chi connectivity index (χ1v) is 4.34. The van der Waals surface area contributed by atoms with Gasteiger partial charge in [0.1, 0.15) is 6.54 Å². The number of aromatic amines is 1. The van der Waals surface area contributed by atoms with Crippen LogP contribution in [0, 0.1) is 0 Å². The van der Waals surface area contributed by atoms with Crippen molar-refractivity contribution in [1.82, 2.24) is 15.0 Å². The Labute approximate surface area is 84.6 Å². The Morgan fingerprint density at radius 2 is 2.33 bits per heavy atom. The topological polar surface area (TPSA) is 93.2 Å². The lowest BCUT2D eigenvalue weighted by Gasteiger charge is -2.04. The van der Waals surface area contributed by atoms with Crippen molar-refractivity contribution in [1.29, 1.82) is 0 Å². The number of amides is 1. The van der Waals surface area contributed by atoms with E-state index in [-0.39, 0.29) is 6.54 Å². The van der Waals surface area contributed by atoms with E-state index in [1.807, 2.05) is 4.98 Å². The molecule has 0 aliphatic rings. The van der Waals surface area contributed by atoms with Gasteiger partial charge in [0.05, 0.1) is 6.61 Å². The fourth-order valence-corrected chi connectivity index (χ4v) is 0.908. The number of H-pyrrole nitrogens is 1. The number of nitrogens with one attached hydrogen (secondary N) is 2. The number of rotatable bonds is 4. The van der Waals surface area contributed by atoms with E-state index >= 15 is 0 Å².